The van der Waals surface area contributed by atoms with Gasteiger partial charge in [-0.05, 0) is 30.3 Å². The van der Waals surface area contributed by atoms with Gasteiger partial charge in [-0.1, -0.05) is 29.8 Å². The van der Waals surface area contributed by atoms with Crippen molar-refractivity contribution in [2.45, 2.75) is 4.90 Å². The van der Waals surface area contributed by atoms with Gasteiger partial charge in [0.1, 0.15) is 17.4 Å². The number of nitriles is 1. The number of imidazole rings is 1. The van der Waals surface area contributed by atoms with Gasteiger partial charge in [0, 0.05) is 17.0 Å². The highest BCUT2D eigenvalue weighted by Crippen LogP contribution is 2.27. The van der Waals surface area contributed by atoms with Crippen LogP contribution in [0.3, 0.4) is 0 Å². The Morgan fingerprint density at radius 3 is 2.79 bits per heavy atom. The van der Waals surface area contributed by atoms with Crippen molar-refractivity contribution in [3.63, 3.8) is 0 Å². The standard InChI is InChI=1S/C18H14ClN3OS/c1-22-16-8-3-2-7-15(16)21-18(22)14(10-20)17(23)11-24-13-6-4-5-12(19)9-13/h2-9,23H,11H2,1H3/b17-14+. The average molecular weight is 356 g/mol. The monoisotopic (exact) mass is 355 g/mol. The van der Waals surface area contributed by atoms with E-state index in [0.29, 0.717) is 10.8 Å². The molecule has 0 saturated heterocycles. The first-order valence-corrected chi connectivity index (χ1v) is 8.59. The maximum Gasteiger partial charge on any atom is 0.155 e. The third-order valence-corrected chi connectivity index (χ3v) is 4.82. The molecule has 0 radical (unpaired) electrons. The number of para-hydroxylation sites is 2. The molecule has 0 aliphatic carbocycles. The Labute approximate surface area is 149 Å². The summed E-state index contributed by atoms with van der Waals surface area (Å²) >= 11 is 7.37. The molecular weight excluding hydrogens is 342 g/mol. The van der Waals surface area contributed by atoms with Crippen molar-refractivity contribution in [1.82, 2.24) is 9.55 Å². The number of aliphatic hydroxyl groups excluding tert-OH is 1. The number of fused-ring (bicyclic) bond motifs is 1. The van der Waals surface area contributed by atoms with Crippen molar-refractivity contribution >= 4 is 40.0 Å². The Morgan fingerprint density at radius 2 is 2.08 bits per heavy atom. The van der Waals surface area contributed by atoms with Crippen molar-refractivity contribution in [2.24, 2.45) is 7.05 Å². The van der Waals surface area contributed by atoms with Gasteiger partial charge in [0.25, 0.3) is 0 Å². The number of nitrogens with zero attached hydrogens (tertiary/aromatic N) is 3. The second-order valence-corrected chi connectivity index (χ2v) is 6.65. The van der Waals surface area contributed by atoms with Gasteiger partial charge >= 0.3 is 0 Å². The molecule has 6 heteroatoms. The Morgan fingerprint density at radius 1 is 1.29 bits per heavy atom. The third-order valence-electron chi connectivity index (χ3n) is 3.58. The molecule has 120 valence electrons. The summed E-state index contributed by atoms with van der Waals surface area (Å²) in [5, 5.41) is 20.5. The Bertz CT molecular complexity index is 972. The molecule has 0 atom stereocenters. The summed E-state index contributed by atoms with van der Waals surface area (Å²) in [6.45, 7) is 0. The van der Waals surface area contributed by atoms with Crippen molar-refractivity contribution < 1.29 is 5.11 Å². The molecule has 0 spiro atoms. The normalized spacial score (nSPS) is 12.0. The quantitative estimate of drug-likeness (QED) is 0.414. The lowest BCUT2D eigenvalue weighted by Gasteiger charge is -2.05. The highest BCUT2D eigenvalue weighted by molar-refractivity contribution is 7.99. The summed E-state index contributed by atoms with van der Waals surface area (Å²) in [6, 6.07) is 17.1. The molecule has 3 rings (SSSR count). The van der Waals surface area contributed by atoms with Gasteiger partial charge in [0.05, 0.1) is 16.8 Å². The van der Waals surface area contributed by atoms with Gasteiger partial charge in [-0.2, -0.15) is 5.26 Å². The number of hydrogen-bond donors (Lipinski definition) is 1. The Balaban J connectivity index is 1.92. The van der Waals surface area contributed by atoms with Crippen LogP contribution in [0.25, 0.3) is 16.6 Å². The van der Waals surface area contributed by atoms with E-state index in [1.54, 1.807) is 6.07 Å². The Hall–Kier alpha value is -2.42. The predicted molar refractivity (Wildman–Crippen MR) is 98.1 cm³/mol. The minimum atomic E-state index is 0.000816. The highest BCUT2D eigenvalue weighted by Gasteiger charge is 2.16. The number of hydrogen-bond acceptors (Lipinski definition) is 4. The topological polar surface area (TPSA) is 61.8 Å². The average Bonchev–Trinajstić information content (AvgIpc) is 2.91. The van der Waals surface area contributed by atoms with Crippen molar-refractivity contribution in [3.05, 3.63) is 65.1 Å². The summed E-state index contributed by atoms with van der Waals surface area (Å²) in [6.07, 6.45) is 0. The molecule has 3 aromatic rings. The van der Waals surface area contributed by atoms with Gasteiger partial charge in [-0.15, -0.1) is 11.8 Å². The molecule has 1 heterocycles. The second kappa shape index (κ2) is 7.00. The Kier molecular flexibility index (Phi) is 4.79. The van der Waals surface area contributed by atoms with Crippen LogP contribution in [0.15, 0.2) is 59.2 Å². The maximum absolute atomic E-state index is 10.4. The molecule has 2 aromatic carbocycles. The van der Waals surface area contributed by atoms with Crippen LogP contribution in [0, 0.1) is 11.3 Å². The lowest BCUT2D eigenvalue weighted by molar-refractivity contribution is 0.420. The summed E-state index contributed by atoms with van der Waals surface area (Å²) in [5.41, 5.74) is 1.89. The van der Waals surface area contributed by atoms with Gasteiger partial charge in [0.2, 0.25) is 0 Å². The highest BCUT2D eigenvalue weighted by atomic mass is 35.5. The third kappa shape index (κ3) is 3.25. The number of rotatable bonds is 4. The van der Waals surface area contributed by atoms with Gasteiger partial charge < -0.3 is 9.67 Å². The van der Waals surface area contributed by atoms with Crippen molar-refractivity contribution in [2.75, 3.05) is 5.75 Å². The van der Waals surface area contributed by atoms with E-state index in [-0.39, 0.29) is 17.1 Å². The molecule has 0 amide bonds. The molecule has 0 aliphatic rings. The van der Waals surface area contributed by atoms with E-state index in [9.17, 15) is 10.4 Å². The van der Waals surface area contributed by atoms with Crippen LogP contribution in [0.4, 0.5) is 0 Å². The molecule has 0 bridgehead atoms. The minimum absolute atomic E-state index is 0.000816. The molecule has 0 saturated carbocycles. The fourth-order valence-corrected chi connectivity index (χ4v) is 3.48. The van der Waals surface area contributed by atoms with Crippen LogP contribution in [-0.2, 0) is 7.05 Å². The molecule has 4 nitrogen and oxygen atoms in total. The van der Waals surface area contributed by atoms with Gasteiger partial charge in [-0.25, -0.2) is 4.98 Å². The predicted octanol–water partition coefficient (Wildman–Crippen LogP) is 4.81. The first kappa shape index (κ1) is 16.4. The molecule has 0 unspecified atom stereocenters. The molecule has 0 fully saturated rings. The van der Waals surface area contributed by atoms with E-state index >= 15 is 0 Å². The number of aromatic nitrogens is 2. The lowest BCUT2D eigenvalue weighted by Crippen LogP contribution is -2.00. The lowest BCUT2D eigenvalue weighted by atomic mass is 10.2. The van der Waals surface area contributed by atoms with Crippen LogP contribution in [0.1, 0.15) is 5.82 Å². The maximum atomic E-state index is 10.4. The summed E-state index contributed by atoms with van der Waals surface area (Å²) < 4.78 is 1.81. The fourth-order valence-electron chi connectivity index (χ4n) is 2.39. The minimum Gasteiger partial charge on any atom is -0.510 e. The SMILES string of the molecule is Cn1c(/C(C#N)=C(/O)CSc2cccc(Cl)c2)nc2ccccc21. The fraction of sp³-hybridized carbons (Fsp3) is 0.111. The number of thioether (sulfide) groups is 1. The zero-order valence-electron chi connectivity index (χ0n) is 12.9. The summed E-state index contributed by atoms with van der Waals surface area (Å²) in [4.78, 5) is 5.39. The smallest absolute Gasteiger partial charge is 0.155 e. The van der Waals surface area contributed by atoms with Crippen LogP contribution in [0.5, 0.6) is 0 Å². The molecule has 1 aromatic heterocycles. The molecule has 24 heavy (non-hydrogen) atoms. The van der Waals surface area contributed by atoms with E-state index in [1.807, 2.05) is 54.1 Å². The van der Waals surface area contributed by atoms with Crippen molar-refractivity contribution in [1.29, 1.82) is 5.26 Å². The van der Waals surface area contributed by atoms with Crippen LogP contribution >= 0.6 is 23.4 Å². The van der Waals surface area contributed by atoms with Crippen molar-refractivity contribution in [3.8, 4) is 6.07 Å². The van der Waals surface area contributed by atoms with Gasteiger partial charge in [-0.3, -0.25) is 0 Å². The number of aliphatic hydroxyl groups is 1. The van der Waals surface area contributed by atoms with E-state index in [4.69, 9.17) is 11.6 Å². The van der Waals surface area contributed by atoms with Crippen LogP contribution < -0.4 is 0 Å². The second-order valence-electron chi connectivity index (χ2n) is 5.16. The number of benzene rings is 2. The zero-order valence-corrected chi connectivity index (χ0v) is 14.5. The van der Waals surface area contributed by atoms with E-state index < -0.39 is 0 Å². The number of allylic oxidation sites excluding steroid dienone is 1. The number of aryl methyl sites for hydroxylation is 1. The summed E-state index contributed by atoms with van der Waals surface area (Å²) in [5.74, 6) is 0.732. The van der Waals surface area contributed by atoms with Gasteiger partial charge in [0.15, 0.2) is 5.82 Å². The first-order valence-electron chi connectivity index (χ1n) is 7.22. The van der Waals surface area contributed by atoms with Crippen LogP contribution in [-0.4, -0.2) is 20.4 Å². The molecule has 0 aliphatic heterocycles. The molecule has 1 N–H and O–H groups in total. The zero-order chi connectivity index (χ0) is 17.1. The van der Waals surface area contributed by atoms with Crippen LogP contribution in [0.2, 0.25) is 5.02 Å². The van der Waals surface area contributed by atoms with E-state index in [2.05, 4.69) is 11.1 Å². The largest absolute Gasteiger partial charge is 0.510 e. The molecular formula is C18H14ClN3OS. The first-order chi connectivity index (χ1) is 11.6. The number of halogens is 1. The summed E-state index contributed by atoms with van der Waals surface area (Å²) in [7, 11) is 1.83. The van der Waals surface area contributed by atoms with E-state index in [0.717, 1.165) is 15.9 Å². The van der Waals surface area contributed by atoms with E-state index in [1.165, 1.54) is 11.8 Å².